The number of hydrogen-bond acceptors (Lipinski definition) is 4. The van der Waals surface area contributed by atoms with E-state index in [-0.39, 0.29) is 23.3 Å². The van der Waals surface area contributed by atoms with Gasteiger partial charge in [0.2, 0.25) is 0 Å². The van der Waals surface area contributed by atoms with E-state index in [1.807, 2.05) is 6.07 Å². The molecule has 5 nitrogen and oxygen atoms in total. The van der Waals surface area contributed by atoms with Crippen LogP contribution in [0, 0.1) is 23.0 Å². The molecule has 1 aliphatic carbocycles. The first-order chi connectivity index (χ1) is 9.61. The molecule has 0 heterocycles. The quantitative estimate of drug-likeness (QED) is 0.664. The van der Waals surface area contributed by atoms with Gasteiger partial charge < -0.3 is 9.84 Å². The van der Waals surface area contributed by atoms with E-state index in [0.29, 0.717) is 18.1 Å². The Kier molecular flexibility index (Phi) is 5.09. The summed E-state index contributed by atoms with van der Waals surface area (Å²) in [6.45, 7) is 2.44. The fourth-order valence-corrected chi connectivity index (χ4v) is 2.71. The highest BCUT2D eigenvalue weighted by Gasteiger charge is 2.21. The molecule has 1 aromatic rings. The van der Waals surface area contributed by atoms with Gasteiger partial charge in [0, 0.05) is 18.2 Å². The van der Waals surface area contributed by atoms with E-state index in [1.165, 1.54) is 6.07 Å². The first-order valence-electron chi connectivity index (χ1n) is 7.07. The van der Waals surface area contributed by atoms with E-state index in [0.717, 1.165) is 31.2 Å². The molecule has 1 saturated carbocycles. The molecule has 0 bridgehead atoms. The van der Waals surface area contributed by atoms with Gasteiger partial charge in [-0.3, -0.25) is 10.1 Å². The summed E-state index contributed by atoms with van der Waals surface area (Å²) >= 11 is 0. The van der Waals surface area contributed by atoms with Crippen LogP contribution in [0.4, 0.5) is 5.69 Å². The van der Waals surface area contributed by atoms with Crippen molar-refractivity contribution in [1.82, 2.24) is 0 Å². The molecule has 0 aliphatic heterocycles. The lowest BCUT2D eigenvalue weighted by molar-refractivity contribution is -0.385. The first kappa shape index (κ1) is 14.9. The Hall–Kier alpha value is -1.46. The number of benzene rings is 1. The minimum absolute atomic E-state index is 0.148. The largest absolute Gasteiger partial charge is 0.396 e. The molecule has 1 aliphatic rings. The highest BCUT2D eigenvalue weighted by Crippen LogP contribution is 2.27. The molecular weight excluding hydrogens is 258 g/mol. The SMILES string of the molecule is Cc1c(COC2CCC(CO)CC2)cccc1[N+](=O)[O-]. The van der Waals surface area contributed by atoms with Gasteiger partial charge >= 0.3 is 0 Å². The summed E-state index contributed by atoms with van der Waals surface area (Å²) in [6, 6.07) is 5.10. The van der Waals surface area contributed by atoms with Gasteiger partial charge in [-0.15, -0.1) is 0 Å². The predicted octanol–water partition coefficient (Wildman–Crippen LogP) is 2.97. The molecule has 0 amide bonds. The van der Waals surface area contributed by atoms with Gasteiger partial charge in [-0.05, 0) is 44.1 Å². The molecule has 20 heavy (non-hydrogen) atoms. The second-order valence-corrected chi connectivity index (χ2v) is 5.45. The topological polar surface area (TPSA) is 72.6 Å². The lowest BCUT2D eigenvalue weighted by Crippen LogP contribution is -2.23. The van der Waals surface area contributed by atoms with Crippen molar-refractivity contribution < 1.29 is 14.8 Å². The van der Waals surface area contributed by atoms with Crippen LogP contribution in [0.2, 0.25) is 0 Å². The molecule has 0 spiro atoms. The highest BCUT2D eigenvalue weighted by molar-refractivity contribution is 5.44. The summed E-state index contributed by atoms with van der Waals surface area (Å²) in [5, 5.41) is 20.0. The van der Waals surface area contributed by atoms with Gasteiger partial charge in [-0.2, -0.15) is 0 Å². The third kappa shape index (κ3) is 3.55. The zero-order valence-electron chi connectivity index (χ0n) is 11.7. The smallest absolute Gasteiger partial charge is 0.272 e. The van der Waals surface area contributed by atoms with Gasteiger partial charge in [0.05, 0.1) is 17.6 Å². The van der Waals surface area contributed by atoms with Crippen LogP contribution in [-0.2, 0) is 11.3 Å². The molecule has 5 heteroatoms. The Bertz CT molecular complexity index is 467. The summed E-state index contributed by atoms with van der Waals surface area (Å²) in [5.41, 5.74) is 1.71. The Balaban J connectivity index is 1.92. The van der Waals surface area contributed by atoms with E-state index in [2.05, 4.69) is 0 Å². The van der Waals surface area contributed by atoms with Crippen molar-refractivity contribution in [3.8, 4) is 0 Å². The zero-order valence-corrected chi connectivity index (χ0v) is 11.7. The van der Waals surface area contributed by atoms with Crippen molar-refractivity contribution in [2.24, 2.45) is 5.92 Å². The summed E-state index contributed by atoms with van der Waals surface area (Å²) in [4.78, 5) is 10.5. The van der Waals surface area contributed by atoms with E-state index in [1.54, 1.807) is 13.0 Å². The third-order valence-corrected chi connectivity index (χ3v) is 4.14. The fourth-order valence-electron chi connectivity index (χ4n) is 2.71. The number of hydrogen-bond donors (Lipinski definition) is 1. The molecule has 110 valence electrons. The maximum atomic E-state index is 10.9. The summed E-state index contributed by atoms with van der Waals surface area (Å²) in [5.74, 6) is 0.411. The summed E-state index contributed by atoms with van der Waals surface area (Å²) in [6.07, 6.45) is 4.11. The normalized spacial score (nSPS) is 22.7. The van der Waals surface area contributed by atoms with Gasteiger partial charge in [0.1, 0.15) is 0 Å². The highest BCUT2D eigenvalue weighted by atomic mass is 16.6. The van der Waals surface area contributed by atoms with Gasteiger partial charge in [0.25, 0.3) is 5.69 Å². The Labute approximate surface area is 118 Å². The predicted molar refractivity (Wildman–Crippen MR) is 75.5 cm³/mol. The van der Waals surface area contributed by atoms with E-state index in [9.17, 15) is 10.1 Å². The monoisotopic (exact) mass is 279 g/mol. The van der Waals surface area contributed by atoms with Crippen LogP contribution in [0.3, 0.4) is 0 Å². The van der Waals surface area contributed by atoms with Crippen LogP contribution in [0.15, 0.2) is 18.2 Å². The van der Waals surface area contributed by atoms with Crippen LogP contribution >= 0.6 is 0 Å². The molecule has 1 N–H and O–H groups in total. The van der Waals surface area contributed by atoms with Crippen LogP contribution in [0.5, 0.6) is 0 Å². The molecule has 1 fully saturated rings. The summed E-state index contributed by atoms with van der Waals surface area (Å²) < 4.78 is 5.87. The van der Waals surface area contributed by atoms with Crippen LogP contribution in [0.25, 0.3) is 0 Å². The zero-order chi connectivity index (χ0) is 14.5. The minimum atomic E-state index is -0.356. The maximum absolute atomic E-state index is 10.9. The molecule has 0 atom stereocenters. The van der Waals surface area contributed by atoms with Gasteiger partial charge in [-0.1, -0.05) is 12.1 Å². The number of aliphatic hydroxyl groups excluding tert-OH is 1. The van der Waals surface area contributed by atoms with E-state index in [4.69, 9.17) is 9.84 Å². The lowest BCUT2D eigenvalue weighted by Gasteiger charge is -2.27. The first-order valence-corrected chi connectivity index (χ1v) is 7.07. The summed E-state index contributed by atoms with van der Waals surface area (Å²) in [7, 11) is 0. The van der Waals surface area contributed by atoms with E-state index < -0.39 is 0 Å². The van der Waals surface area contributed by atoms with Crippen molar-refractivity contribution in [1.29, 1.82) is 0 Å². The van der Waals surface area contributed by atoms with Crippen molar-refractivity contribution in [2.45, 2.75) is 45.3 Å². The van der Waals surface area contributed by atoms with Crippen molar-refractivity contribution in [3.63, 3.8) is 0 Å². The van der Waals surface area contributed by atoms with Crippen molar-refractivity contribution in [2.75, 3.05) is 6.61 Å². The lowest BCUT2D eigenvalue weighted by atomic mass is 9.88. The number of nitrogens with zero attached hydrogens (tertiary/aromatic N) is 1. The van der Waals surface area contributed by atoms with Gasteiger partial charge in [-0.25, -0.2) is 0 Å². The van der Waals surface area contributed by atoms with Crippen LogP contribution in [0.1, 0.15) is 36.8 Å². The number of nitro groups is 1. The average molecular weight is 279 g/mol. The van der Waals surface area contributed by atoms with Crippen molar-refractivity contribution >= 4 is 5.69 Å². The maximum Gasteiger partial charge on any atom is 0.272 e. The second kappa shape index (κ2) is 6.81. The van der Waals surface area contributed by atoms with Crippen molar-refractivity contribution in [3.05, 3.63) is 39.4 Å². The number of nitro benzene ring substituents is 1. The number of aliphatic hydroxyl groups is 1. The average Bonchev–Trinajstić information content (AvgIpc) is 2.46. The molecule has 1 aromatic carbocycles. The molecule has 0 unspecified atom stereocenters. The van der Waals surface area contributed by atoms with E-state index >= 15 is 0 Å². The fraction of sp³-hybridized carbons (Fsp3) is 0.600. The molecule has 0 saturated heterocycles. The standard InChI is InChI=1S/C15H21NO4/c1-11-13(3-2-4-15(11)16(18)19)10-20-14-7-5-12(9-17)6-8-14/h2-4,12,14,17H,5-10H2,1H3. The Morgan fingerprint density at radius 3 is 2.65 bits per heavy atom. The van der Waals surface area contributed by atoms with Gasteiger partial charge in [0.15, 0.2) is 0 Å². The number of rotatable bonds is 5. The second-order valence-electron chi connectivity index (χ2n) is 5.45. The number of ether oxygens (including phenoxy) is 1. The Morgan fingerprint density at radius 1 is 1.35 bits per heavy atom. The molecule has 0 aromatic heterocycles. The Morgan fingerprint density at radius 2 is 2.05 bits per heavy atom. The molecule has 0 radical (unpaired) electrons. The van der Waals surface area contributed by atoms with Crippen LogP contribution < -0.4 is 0 Å². The third-order valence-electron chi connectivity index (χ3n) is 4.14. The molecular formula is C15H21NO4. The van der Waals surface area contributed by atoms with Crippen LogP contribution in [-0.4, -0.2) is 22.7 Å². The minimum Gasteiger partial charge on any atom is -0.396 e. The molecule has 2 rings (SSSR count).